The Morgan fingerprint density at radius 3 is 2.20 bits per heavy atom. The molecular formula is C23H29Cl3N4O4S. The average molecular weight is 564 g/mol. The molecular weight excluding hydrogens is 535 g/mol. The molecule has 0 bridgehead atoms. The number of rotatable bonds is 6. The normalized spacial score (nSPS) is 13.8. The summed E-state index contributed by atoms with van der Waals surface area (Å²) in [6.07, 6.45) is 0. The summed E-state index contributed by atoms with van der Waals surface area (Å²) in [6.45, 7) is 8.35. The topological polar surface area (TPSA) is 103 Å². The van der Waals surface area contributed by atoms with E-state index in [-0.39, 0.29) is 53.4 Å². The zero-order valence-corrected chi connectivity index (χ0v) is 22.6. The molecule has 0 atom stereocenters. The number of aromatic carboxylic acids is 1. The van der Waals surface area contributed by atoms with E-state index in [9.17, 15) is 18.3 Å². The van der Waals surface area contributed by atoms with Crippen molar-refractivity contribution in [3.05, 3.63) is 59.7 Å². The molecule has 1 aromatic heterocycles. The van der Waals surface area contributed by atoms with E-state index in [0.29, 0.717) is 16.7 Å². The Balaban J connectivity index is 0.00000204. The molecule has 1 saturated heterocycles. The molecule has 1 aliphatic rings. The third-order valence-corrected chi connectivity index (χ3v) is 7.15. The number of pyridine rings is 1. The Hall–Kier alpha value is -2.30. The van der Waals surface area contributed by atoms with Gasteiger partial charge in [0.25, 0.3) is 10.0 Å². The van der Waals surface area contributed by atoms with Crippen LogP contribution < -0.4 is 9.62 Å². The Morgan fingerprint density at radius 1 is 1.00 bits per heavy atom. The van der Waals surface area contributed by atoms with Crippen LogP contribution in [0.4, 0.5) is 11.5 Å². The van der Waals surface area contributed by atoms with Crippen LogP contribution in [-0.2, 0) is 10.0 Å². The van der Waals surface area contributed by atoms with E-state index < -0.39 is 16.0 Å². The highest BCUT2D eigenvalue weighted by Crippen LogP contribution is 2.28. The van der Waals surface area contributed by atoms with Crippen LogP contribution in [0, 0.1) is 6.92 Å². The van der Waals surface area contributed by atoms with Gasteiger partial charge in [-0.25, -0.2) is 18.2 Å². The van der Waals surface area contributed by atoms with Gasteiger partial charge in [0.2, 0.25) is 0 Å². The Morgan fingerprint density at radius 2 is 1.63 bits per heavy atom. The van der Waals surface area contributed by atoms with Gasteiger partial charge in [0.15, 0.2) is 0 Å². The summed E-state index contributed by atoms with van der Waals surface area (Å²) in [6, 6.07) is 12.9. The van der Waals surface area contributed by atoms with Crippen molar-refractivity contribution in [3.8, 4) is 0 Å². The standard InChI is InChI=1S/C23H26N4O4S.3ClH/c1-3-26-10-12-27(13-11-26)22-15-20(23(28)29)19-14-17(6-9-21(19)24-22)25-32(30,31)18-7-4-16(2)5-8-18;;;/h4-9,14-15,25H,3,10-13H2,1-2H3,(H,28,29);3*1H. The number of aromatic nitrogens is 1. The lowest BCUT2D eigenvalue weighted by Crippen LogP contribution is -2.46. The van der Waals surface area contributed by atoms with Gasteiger partial charge in [-0.1, -0.05) is 24.6 Å². The summed E-state index contributed by atoms with van der Waals surface area (Å²) in [5, 5.41) is 10.2. The number of likely N-dealkylation sites (N-methyl/N-ethyl adjacent to an activating group) is 1. The molecule has 2 heterocycles. The van der Waals surface area contributed by atoms with Crippen molar-refractivity contribution < 1.29 is 18.3 Å². The van der Waals surface area contributed by atoms with E-state index in [2.05, 4.69) is 26.4 Å². The number of piperazine rings is 1. The number of nitrogens with one attached hydrogen (secondary N) is 1. The van der Waals surface area contributed by atoms with Gasteiger partial charge in [0.1, 0.15) is 5.82 Å². The van der Waals surface area contributed by atoms with Crippen LogP contribution in [0.15, 0.2) is 53.4 Å². The molecule has 1 fully saturated rings. The monoisotopic (exact) mass is 562 g/mol. The number of sulfonamides is 1. The Bertz CT molecular complexity index is 1270. The summed E-state index contributed by atoms with van der Waals surface area (Å²) < 4.78 is 28.0. The number of carboxylic acid groups (broad SMARTS) is 1. The van der Waals surface area contributed by atoms with Crippen LogP contribution >= 0.6 is 37.2 Å². The van der Waals surface area contributed by atoms with Gasteiger partial charge < -0.3 is 14.9 Å². The molecule has 3 aromatic rings. The van der Waals surface area contributed by atoms with E-state index in [1.165, 1.54) is 18.2 Å². The summed E-state index contributed by atoms with van der Waals surface area (Å²) in [7, 11) is -3.80. The number of benzene rings is 2. The summed E-state index contributed by atoms with van der Waals surface area (Å²) >= 11 is 0. The Kier molecular flexibility index (Phi) is 11.1. The van der Waals surface area contributed by atoms with Gasteiger partial charge in [-0.15, -0.1) is 37.2 Å². The van der Waals surface area contributed by atoms with E-state index in [4.69, 9.17) is 0 Å². The number of hydrogen-bond donors (Lipinski definition) is 2. The second-order valence-electron chi connectivity index (χ2n) is 7.90. The first-order chi connectivity index (χ1) is 15.3. The molecule has 12 heteroatoms. The van der Waals surface area contributed by atoms with Crippen LogP contribution in [0.1, 0.15) is 22.8 Å². The minimum Gasteiger partial charge on any atom is -0.478 e. The molecule has 2 aromatic carbocycles. The number of halogens is 3. The number of aryl methyl sites for hydroxylation is 1. The number of fused-ring (bicyclic) bond motifs is 1. The van der Waals surface area contributed by atoms with Crippen molar-refractivity contribution in [1.82, 2.24) is 9.88 Å². The number of anilines is 2. The van der Waals surface area contributed by atoms with Crippen molar-refractivity contribution in [2.75, 3.05) is 42.3 Å². The largest absolute Gasteiger partial charge is 0.478 e. The molecule has 0 unspecified atom stereocenters. The van der Waals surface area contributed by atoms with Crippen molar-refractivity contribution in [1.29, 1.82) is 0 Å². The quantitative estimate of drug-likeness (QED) is 0.457. The zero-order chi connectivity index (χ0) is 22.9. The first kappa shape index (κ1) is 30.7. The van der Waals surface area contributed by atoms with E-state index in [0.717, 1.165) is 38.3 Å². The van der Waals surface area contributed by atoms with Gasteiger partial charge in [0, 0.05) is 37.3 Å². The highest BCUT2D eigenvalue weighted by Gasteiger charge is 2.21. The number of hydrogen-bond acceptors (Lipinski definition) is 6. The smallest absolute Gasteiger partial charge is 0.336 e. The van der Waals surface area contributed by atoms with Crippen LogP contribution in [0.2, 0.25) is 0 Å². The molecule has 0 radical (unpaired) electrons. The lowest BCUT2D eigenvalue weighted by atomic mass is 10.1. The maximum atomic E-state index is 12.7. The predicted octanol–water partition coefficient (Wildman–Crippen LogP) is 4.45. The highest BCUT2D eigenvalue weighted by molar-refractivity contribution is 7.92. The first-order valence-electron chi connectivity index (χ1n) is 10.5. The van der Waals surface area contributed by atoms with Gasteiger partial charge in [-0.3, -0.25) is 4.72 Å². The predicted molar refractivity (Wildman–Crippen MR) is 147 cm³/mol. The molecule has 0 spiro atoms. The van der Waals surface area contributed by atoms with Gasteiger partial charge in [-0.05, 0) is 49.9 Å². The van der Waals surface area contributed by atoms with Crippen molar-refractivity contribution in [2.45, 2.75) is 18.7 Å². The number of carbonyl (C=O) groups is 1. The van der Waals surface area contributed by atoms with Crippen LogP contribution in [0.25, 0.3) is 10.9 Å². The van der Waals surface area contributed by atoms with E-state index in [1.54, 1.807) is 30.3 Å². The maximum absolute atomic E-state index is 12.7. The third kappa shape index (κ3) is 6.89. The molecule has 0 aliphatic carbocycles. The molecule has 0 saturated carbocycles. The molecule has 192 valence electrons. The lowest BCUT2D eigenvalue weighted by molar-refractivity contribution is 0.0699. The molecule has 1 aliphatic heterocycles. The second-order valence-corrected chi connectivity index (χ2v) is 9.59. The Labute approximate surface area is 224 Å². The number of nitrogens with zero attached hydrogens (tertiary/aromatic N) is 3. The first-order valence-corrected chi connectivity index (χ1v) is 12.0. The van der Waals surface area contributed by atoms with Gasteiger partial charge in [0.05, 0.1) is 16.0 Å². The number of carboxylic acids is 1. The minimum absolute atomic E-state index is 0. The van der Waals surface area contributed by atoms with Crippen LogP contribution in [0.3, 0.4) is 0 Å². The second kappa shape index (κ2) is 12.6. The molecule has 2 N–H and O–H groups in total. The van der Waals surface area contributed by atoms with Gasteiger partial charge in [-0.2, -0.15) is 0 Å². The van der Waals surface area contributed by atoms with Crippen LogP contribution in [-0.4, -0.2) is 62.1 Å². The van der Waals surface area contributed by atoms with E-state index >= 15 is 0 Å². The third-order valence-electron chi connectivity index (χ3n) is 5.75. The summed E-state index contributed by atoms with van der Waals surface area (Å²) in [5.74, 6) is -0.456. The highest BCUT2D eigenvalue weighted by atomic mass is 35.5. The fourth-order valence-corrected chi connectivity index (χ4v) is 4.89. The van der Waals surface area contributed by atoms with E-state index in [1.807, 2.05) is 6.92 Å². The van der Waals surface area contributed by atoms with Crippen molar-refractivity contribution >= 4 is 75.6 Å². The maximum Gasteiger partial charge on any atom is 0.336 e. The molecule has 0 amide bonds. The molecule has 35 heavy (non-hydrogen) atoms. The summed E-state index contributed by atoms with van der Waals surface area (Å²) in [4.78, 5) is 21.2. The fourth-order valence-electron chi connectivity index (χ4n) is 3.84. The van der Waals surface area contributed by atoms with Gasteiger partial charge >= 0.3 is 5.97 Å². The van der Waals surface area contributed by atoms with Crippen molar-refractivity contribution in [3.63, 3.8) is 0 Å². The lowest BCUT2D eigenvalue weighted by Gasteiger charge is -2.35. The minimum atomic E-state index is -3.80. The van der Waals surface area contributed by atoms with Crippen molar-refractivity contribution in [2.24, 2.45) is 0 Å². The molecule has 8 nitrogen and oxygen atoms in total. The van der Waals surface area contributed by atoms with Crippen LogP contribution in [0.5, 0.6) is 0 Å². The molecule has 4 rings (SSSR count). The summed E-state index contributed by atoms with van der Waals surface area (Å²) in [5.41, 5.74) is 1.85. The SMILES string of the molecule is CCN1CCN(c2cc(C(=O)O)c3cc(NS(=O)(=O)c4ccc(C)cc4)ccc3n2)CC1.Cl.Cl.Cl. The average Bonchev–Trinajstić information content (AvgIpc) is 2.78. The fraction of sp³-hybridized carbons (Fsp3) is 0.304. The zero-order valence-electron chi connectivity index (χ0n) is 19.3.